The second-order valence-electron chi connectivity index (χ2n) is 15.1. The van der Waals surface area contributed by atoms with E-state index in [1.54, 1.807) is 12.4 Å². The van der Waals surface area contributed by atoms with Crippen LogP contribution < -0.4 is 19.5 Å². The third-order valence-corrected chi connectivity index (χ3v) is 11.4. The van der Waals surface area contributed by atoms with Crippen molar-refractivity contribution in [3.05, 3.63) is 132 Å². The van der Waals surface area contributed by atoms with Crippen LogP contribution in [0.5, 0.6) is 11.5 Å². The van der Waals surface area contributed by atoms with E-state index in [1.165, 1.54) is 6.07 Å². The number of rotatable bonds is 15. The topological polar surface area (TPSA) is 109 Å². The first-order valence-electron chi connectivity index (χ1n) is 20.8. The van der Waals surface area contributed by atoms with Crippen LogP contribution in [-0.4, -0.2) is 91.2 Å². The summed E-state index contributed by atoms with van der Waals surface area (Å²) in [6.07, 6.45) is 18.1. The van der Waals surface area contributed by atoms with E-state index in [0.717, 1.165) is 91.8 Å². The van der Waals surface area contributed by atoms with Crippen molar-refractivity contribution in [1.29, 1.82) is 0 Å². The Labute approximate surface area is 356 Å². The molecule has 0 bridgehead atoms. The van der Waals surface area contributed by atoms with Crippen molar-refractivity contribution >= 4 is 23.5 Å². The maximum absolute atomic E-state index is 14.4. The van der Waals surface area contributed by atoms with Crippen LogP contribution in [0.1, 0.15) is 50.7 Å². The van der Waals surface area contributed by atoms with Gasteiger partial charge in [0.05, 0.1) is 30.3 Å². The van der Waals surface area contributed by atoms with E-state index in [1.807, 2.05) is 93.5 Å². The average molecular weight is 829 g/mol. The minimum Gasteiger partial charge on any atom is -0.492 e. The van der Waals surface area contributed by atoms with Crippen molar-refractivity contribution in [2.45, 2.75) is 64.7 Å². The molecule has 2 aliphatic heterocycles. The highest BCUT2D eigenvalue weighted by Gasteiger charge is 2.37. The molecule has 2 aromatic carbocycles. The molecule has 4 aromatic heterocycles. The largest absolute Gasteiger partial charge is 0.492 e. The Morgan fingerprint density at radius 2 is 1.05 bits per heavy atom. The fourth-order valence-electron chi connectivity index (χ4n) is 8.10. The van der Waals surface area contributed by atoms with Crippen LogP contribution in [0.4, 0.5) is 16.3 Å². The first-order chi connectivity index (χ1) is 29.4. The van der Waals surface area contributed by atoms with Crippen LogP contribution in [0.15, 0.2) is 110 Å². The second kappa shape index (κ2) is 19.5. The number of ether oxygens (including phenoxy) is 2. The molecule has 8 rings (SSSR count). The predicted octanol–water partition coefficient (Wildman–Crippen LogP) is 8.54. The van der Waals surface area contributed by atoms with Crippen molar-refractivity contribution in [3.8, 4) is 33.8 Å². The number of pyridine rings is 2. The molecule has 0 saturated carbocycles. The summed E-state index contributed by atoms with van der Waals surface area (Å²) in [5.41, 5.74) is 5.86. The number of aromatic nitrogens is 6. The van der Waals surface area contributed by atoms with Crippen LogP contribution in [0.25, 0.3) is 22.3 Å². The van der Waals surface area contributed by atoms with Crippen molar-refractivity contribution in [1.82, 2.24) is 39.7 Å². The monoisotopic (exact) mass is 828 g/mol. The molecule has 0 aliphatic carbocycles. The zero-order chi connectivity index (χ0) is 41.3. The Morgan fingerprint density at radius 1 is 0.600 bits per heavy atom. The Kier molecular flexibility index (Phi) is 13.3. The van der Waals surface area contributed by atoms with Crippen molar-refractivity contribution in [3.63, 3.8) is 0 Å². The van der Waals surface area contributed by atoms with E-state index in [2.05, 4.69) is 41.9 Å². The lowest BCUT2D eigenvalue weighted by Crippen LogP contribution is -2.59. The van der Waals surface area contributed by atoms with Gasteiger partial charge in [0.25, 0.3) is 0 Å². The lowest BCUT2D eigenvalue weighted by atomic mass is 10.0. The van der Waals surface area contributed by atoms with Crippen molar-refractivity contribution < 1.29 is 13.9 Å². The normalized spacial score (nSPS) is 15.5. The van der Waals surface area contributed by atoms with Gasteiger partial charge in [0, 0.05) is 111 Å². The molecule has 0 radical (unpaired) electrons. The number of benzene rings is 2. The van der Waals surface area contributed by atoms with E-state index >= 15 is 0 Å². The van der Waals surface area contributed by atoms with Gasteiger partial charge < -0.3 is 9.47 Å². The number of hydrazine groups is 1. The van der Waals surface area contributed by atoms with Crippen LogP contribution in [0, 0.1) is 5.82 Å². The highest BCUT2D eigenvalue weighted by molar-refractivity contribution is 6.32. The Hall–Kier alpha value is -5.76. The highest BCUT2D eigenvalue weighted by atomic mass is 35.5. The summed E-state index contributed by atoms with van der Waals surface area (Å²) < 4.78 is 25.8. The van der Waals surface area contributed by atoms with Crippen LogP contribution in [0.3, 0.4) is 0 Å². The SMILES string of the molecule is CCOc1cc(CN2CCC(N(c3ncc(-c4cccnc4)cn3)N(c3ncc(-c4cccnc4)cn3)C3CCN(Cc4ccc(Cl)c(OCC)c4)CC3)CC2)ccc1F. The van der Waals surface area contributed by atoms with Gasteiger partial charge in [-0.3, -0.25) is 19.8 Å². The van der Waals surface area contributed by atoms with Crippen molar-refractivity contribution in [2.24, 2.45) is 0 Å². The van der Waals surface area contributed by atoms with Crippen LogP contribution >= 0.6 is 11.6 Å². The zero-order valence-electron chi connectivity index (χ0n) is 34.1. The van der Waals surface area contributed by atoms with Gasteiger partial charge in [-0.1, -0.05) is 35.9 Å². The van der Waals surface area contributed by atoms with Crippen molar-refractivity contribution in [2.75, 3.05) is 49.4 Å². The van der Waals surface area contributed by atoms with Gasteiger partial charge in [0.15, 0.2) is 11.6 Å². The fourth-order valence-corrected chi connectivity index (χ4v) is 8.27. The lowest BCUT2D eigenvalue weighted by molar-refractivity contribution is 0.182. The zero-order valence-corrected chi connectivity index (χ0v) is 34.8. The number of likely N-dealkylation sites (tertiary alicyclic amines) is 2. The molecule has 0 unspecified atom stereocenters. The van der Waals surface area contributed by atoms with Gasteiger partial charge in [-0.05, 0) is 87.1 Å². The maximum Gasteiger partial charge on any atom is 0.244 e. The fraction of sp³-hybridized carbons (Fsp3) is 0.348. The number of piperidine rings is 2. The average Bonchev–Trinajstić information content (AvgIpc) is 3.29. The number of hydrogen-bond acceptors (Lipinski definition) is 12. The molecule has 60 heavy (non-hydrogen) atoms. The molecule has 6 aromatic rings. The highest BCUT2D eigenvalue weighted by Crippen LogP contribution is 2.33. The van der Waals surface area contributed by atoms with Gasteiger partial charge >= 0.3 is 0 Å². The smallest absolute Gasteiger partial charge is 0.244 e. The number of hydrogen-bond donors (Lipinski definition) is 0. The minimum absolute atomic E-state index is 0.0448. The molecule has 0 N–H and O–H groups in total. The molecule has 6 heterocycles. The summed E-state index contributed by atoms with van der Waals surface area (Å²) >= 11 is 6.43. The molecule has 2 fully saturated rings. The van der Waals surface area contributed by atoms with Gasteiger partial charge in [-0.2, -0.15) is 0 Å². The molecular weight excluding hydrogens is 779 g/mol. The van der Waals surface area contributed by atoms with Gasteiger partial charge in [-0.25, -0.2) is 34.3 Å². The summed E-state index contributed by atoms with van der Waals surface area (Å²) in [5, 5.41) is 5.16. The predicted molar refractivity (Wildman–Crippen MR) is 232 cm³/mol. The molecule has 14 heteroatoms. The summed E-state index contributed by atoms with van der Waals surface area (Å²) in [5.74, 6) is 1.86. The van der Waals surface area contributed by atoms with E-state index < -0.39 is 0 Å². The lowest BCUT2D eigenvalue weighted by Gasteiger charge is -2.48. The summed E-state index contributed by atoms with van der Waals surface area (Å²) in [7, 11) is 0. The molecule has 0 amide bonds. The van der Waals surface area contributed by atoms with E-state index in [-0.39, 0.29) is 17.9 Å². The molecule has 2 saturated heterocycles. The second-order valence-corrected chi connectivity index (χ2v) is 15.5. The van der Waals surface area contributed by atoms with Gasteiger partial charge in [0.2, 0.25) is 11.9 Å². The molecule has 2 aliphatic rings. The minimum atomic E-state index is -0.341. The summed E-state index contributed by atoms with van der Waals surface area (Å²) in [6.45, 7) is 9.70. The molecule has 310 valence electrons. The maximum atomic E-state index is 14.4. The third-order valence-electron chi connectivity index (χ3n) is 11.1. The standard InChI is InChI=1S/C46H50ClFN10O2/c1-3-59-43-23-33(9-11-41(43)47)31-55-19-13-39(14-20-55)57(45-51-27-37(28-52-45)35-7-5-17-49-25-35)58(46-53-29-38(30-54-46)36-8-6-18-50-26-36)40-15-21-56(22-16-40)32-34-10-12-42(48)44(24-34)60-4-2/h5-12,17-18,23-30,39-40H,3-4,13-16,19-22,31-32H2,1-2H3. The first-order valence-corrected chi connectivity index (χ1v) is 21.1. The van der Waals surface area contributed by atoms with E-state index in [9.17, 15) is 4.39 Å². The third kappa shape index (κ3) is 9.81. The van der Waals surface area contributed by atoms with E-state index in [0.29, 0.717) is 48.2 Å². The van der Waals surface area contributed by atoms with Crippen LogP contribution in [-0.2, 0) is 13.1 Å². The molecule has 0 spiro atoms. The molecule has 0 atom stereocenters. The quantitative estimate of drug-likeness (QED) is 0.0926. The first kappa shape index (κ1) is 41.0. The molecule has 12 nitrogen and oxygen atoms in total. The van der Waals surface area contributed by atoms with E-state index in [4.69, 9.17) is 41.0 Å². The summed E-state index contributed by atoms with van der Waals surface area (Å²) in [6, 6.07) is 19.2. The Balaban J connectivity index is 1.09. The Morgan fingerprint density at radius 3 is 1.50 bits per heavy atom. The number of anilines is 2. The van der Waals surface area contributed by atoms with Gasteiger partial charge in [-0.15, -0.1) is 0 Å². The van der Waals surface area contributed by atoms with Crippen LogP contribution in [0.2, 0.25) is 5.02 Å². The number of halogens is 2. The number of nitrogens with zero attached hydrogens (tertiary/aromatic N) is 10. The van der Waals surface area contributed by atoms with Gasteiger partial charge in [0.1, 0.15) is 5.75 Å². The Bertz CT molecular complexity index is 2110. The molecular formula is C46H50ClFN10O2. The summed E-state index contributed by atoms with van der Waals surface area (Å²) in [4.78, 5) is 33.7.